The summed E-state index contributed by atoms with van der Waals surface area (Å²) in [5.41, 5.74) is -0.0852. The van der Waals surface area contributed by atoms with Gasteiger partial charge in [-0.05, 0) is 24.6 Å². The van der Waals surface area contributed by atoms with Gasteiger partial charge in [0.05, 0.1) is 17.2 Å². The Morgan fingerprint density at radius 3 is 2.74 bits per heavy atom. The van der Waals surface area contributed by atoms with E-state index in [4.69, 9.17) is 11.6 Å². The molecule has 9 heteroatoms. The first-order chi connectivity index (χ1) is 10.8. The fourth-order valence-electron chi connectivity index (χ4n) is 2.68. The van der Waals surface area contributed by atoms with Crippen molar-refractivity contribution in [3.05, 3.63) is 39.9 Å². The second kappa shape index (κ2) is 5.52. The monoisotopic (exact) mass is 345 g/mol. The summed E-state index contributed by atoms with van der Waals surface area (Å²) in [5.74, 6) is -0.729. The highest BCUT2D eigenvalue weighted by Crippen LogP contribution is 2.26. The quantitative estimate of drug-likeness (QED) is 0.839. The lowest BCUT2D eigenvalue weighted by Gasteiger charge is -2.19. The number of benzene rings is 1. The Hall–Kier alpha value is -2.09. The lowest BCUT2D eigenvalue weighted by molar-refractivity contribution is -0.158. The van der Waals surface area contributed by atoms with E-state index in [2.05, 4.69) is 4.98 Å². The Labute approximate surface area is 133 Å². The number of carbonyl (C=O) groups is 1. The maximum atomic E-state index is 12.5. The van der Waals surface area contributed by atoms with E-state index in [0.717, 1.165) is 4.57 Å². The molecule has 0 unspecified atom stereocenters. The van der Waals surface area contributed by atoms with Crippen LogP contribution in [-0.2, 0) is 4.79 Å². The Kier molecular flexibility index (Phi) is 3.79. The van der Waals surface area contributed by atoms with E-state index >= 15 is 0 Å². The number of hydrogen-bond acceptors (Lipinski definition) is 3. The van der Waals surface area contributed by atoms with Gasteiger partial charge in [-0.3, -0.25) is 14.2 Å². The van der Waals surface area contributed by atoms with Crippen LogP contribution in [0.3, 0.4) is 0 Å². The van der Waals surface area contributed by atoms with Gasteiger partial charge in [-0.2, -0.15) is 13.2 Å². The molecule has 0 radical (unpaired) electrons. The van der Waals surface area contributed by atoms with E-state index < -0.39 is 30.2 Å². The molecule has 1 fully saturated rings. The molecule has 23 heavy (non-hydrogen) atoms. The van der Waals surface area contributed by atoms with Gasteiger partial charge in [-0.1, -0.05) is 11.6 Å². The predicted molar refractivity (Wildman–Crippen MR) is 77.3 cm³/mol. The van der Waals surface area contributed by atoms with Gasteiger partial charge >= 0.3 is 6.18 Å². The lowest BCUT2D eigenvalue weighted by atomic mass is 10.2. The molecule has 122 valence electrons. The number of fused-ring (bicyclic) bond motifs is 1. The van der Waals surface area contributed by atoms with Crippen molar-refractivity contribution in [2.45, 2.75) is 18.6 Å². The van der Waals surface area contributed by atoms with E-state index in [1.54, 1.807) is 12.1 Å². The van der Waals surface area contributed by atoms with Gasteiger partial charge in [0, 0.05) is 11.6 Å². The van der Waals surface area contributed by atoms with Crippen molar-refractivity contribution in [3.8, 4) is 0 Å². The van der Waals surface area contributed by atoms with Crippen molar-refractivity contribution in [2.24, 2.45) is 0 Å². The molecule has 1 saturated heterocycles. The Morgan fingerprint density at radius 2 is 2.04 bits per heavy atom. The van der Waals surface area contributed by atoms with Crippen LogP contribution < -0.4 is 5.56 Å². The maximum absolute atomic E-state index is 12.5. The summed E-state index contributed by atoms with van der Waals surface area (Å²) in [6, 6.07) is 3.60. The zero-order chi connectivity index (χ0) is 16.8. The normalized spacial score (nSPS) is 18.9. The Bertz CT molecular complexity index is 834. The van der Waals surface area contributed by atoms with E-state index in [1.807, 2.05) is 0 Å². The number of amides is 1. The van der Waals surface area contributed by atoms with Gasteiger partial charge < -0.3 is 4.90 Å². The van der Waals surface area contributed by atoms with Crippen LogP contribution in [-0.4, -0.2) is 39.6 Å². The molecular weight excluding hydrogens is 335 g/mol. The van der Waals surface area contributed by atoms with Gasteiger partial charge in [0.15, 0.2) is 0 Å². The average molecular weight is 346 g/mol. The summed E-state index contributed by atoms with van der Waals surface area (Å²) in [7, 11) is 0. The minimum atomic E-state index is -4.47. The third kappa shape index (κ3) is 3.03. The number of carbonyl (C=O) groups excluding carboxylic acids is 1. The Balaban J connectivity index is 1.97. The van der Waals surface area contributed by atoms with Crippen molar-refractivity contribution < 1.29 is 18.0 Å². The molecule has 1 atom stereocenters. The number of rotatable bonds is 2. The van der Waals surface area contributed by atoms with Gasteiger partial charge in [0.2, 0.25) is 5.91 Å². The predicted octanol–water partition coefficient (Wildman–Crippen LogP) is 2.39. The van der Waals surface area contributed by atoms with Crippen LogP contribution in [0.15, 0.2) is 29.3 Å². The third-order valence-electron chi connectivity index (χ3n) is 3.72. The summed E-state index contributed by atoms with van der Waals surface area (Å²) in [4.78, 5) is 29.4. The van der Waals surface area contributed by atoms with Crippen LogP contribution in [0.1, 0.15) is 12.5 Å². The van der Waals surface area contributed by atoms with E-state index in [0.29, 0.717) is 15.4 Å². The molecule has 1 aromatic heterocycles. The number of hydrogen-bond donors (Lipinski definition) is 0. The van der Waals surface area contributed by atoms with Crippen LogP contribution >= 0.6 is 11.6 Å². The standard InChI is InChI=1S/C14H11ClF3N3O2/c15-8-1-2-10-9(5-8)12(22)21(7-19-10)11-3-4-20(13(11)23)6-14(16,17)18/h1-2,5,7,11H,3-4,6H2/t11-/m1/s1. The minimum Gasteiger partial charge on any atom is -0.332 e. The Morgan fingerprint density at radius 1 is 1.30 bits per heavy atom. The van der Waals surface area contributed by atoms with Crippen molar-refractivity contribution in [1.82, 2.24) is 14.5 Å². The number of aromatic nitrogens is 2. The highest BCUT2D eigenvalue weighted by Gasteiger charge is 2.40. The zero-order valence-electron chi connectivity index (χ0n) is 11.7. The van der Waals surface area contributed by atoms with Crippen LogP contribution in [0.5, 0.6) is 0 Å². The van der Waals surface area contributed by atoms with Crippen LogP contribution in [0, 0.1) is 0 Å². The number of alkyl halides is 3. The summed E-state index contributed by atoms with van der Waals surface area (Å²) in [6.45, 7) is -1.37. The van der Waals surface area contributed by atoms with E-state index in [1.165, 1.54) is 12.4 Å². The largest absolute Gasteiger partial charge is 0.406 e. The van der Waals surface area contributed by atoms with Gasteiger partial charge in [-0.15, -0.1) is 0 Å². The molecule has 1 amide bonds. The van der Waals surface area contributed by atoms with Crippen LogP contribution in [0.25, 0.3) is 10.9 Å². The summed E-state index contributed by atoms with van der Waals surface area (Å²) in [6.07, 6.45) is -3.15. The first-order valence-corrected chi connectivity index (χ1v) is 7.16. The molecule has 0 spiro atoms. The molecule has 3 rings (SSSR count). The molecule has 0 N–H and O–H groups in total. The summed E-state index contributed by atoms with van der Waals surface area (Å²) < 4.78 is 38.4. The fourth-order valence-corrected chi connectivity index (χ4v) is 2.86. The van der Waals surface area contributed by atoms with Crippen molar-refractivity contribution in [2.75, 3.05) is 13.1 Å². The smallest absolute Gasteiger partial charge is 0.332 e. The summed E-state index contributed by atoms with van der Waals surface area (Å²) in [5, 5.41) is 0.563. The van der Waals surface area contributed by atoms with E-state index in [9.17, 15) is 22.8 Å². The molecule has 2 heterocycles. The highest BCUT2D eigenvalue weighted by atomic mass is 35.5. The molecule has 1 aromatic carbocycles. The maximum Gasteiger partial charge on any atom is 0.406 e. The highest BCUT2D eigenvalue weighted by molar-refractivity contribution is 6.31. The average Bonchev–Trinajstić information content (AvgIpc) is 2.80. The SMILES string of the molecule is O=C1[C@H](n2cnc3ccc(Cl)cc3c2=O)CCN1CC(F)(F)F. The van der Waals surface area contributed by atoms with Gasteiger partial charge in [0.1, 0.15) is 12.6 Å². The molecule has 1 aliphatic rings. The minimum absolute atomic E-state index is 0.0525. The van der Waals surface area contributed by atoms with Gasteiger partial charge in [0.25, 0.3) is 5.56 Å². The second-order valence-electron chi connectivity index (χ2n) is 5.30. The molecule has 1 aliphatic heterocycles. The number of likely N-dealkylation sites (tertiary alicyclic amines) is 1. The van der Waals surface area contributed by atoms with Crippen molar-refractivity contribution in [3.63, 3.8) is 0 Å². The topological polar surface area (TPSA) is 55.2 Å². The molecule has 2 aromatic rings. The molecule has 0 saturated carbocycles. The number of halogens is 4. The van der Waals surface area contributed by atoms with Gasteiger partial charge in [-0.25, -0.2) is 4.98 Å². The zero-order valence-corrected chi connectivity index (χ0v) is 12.4. The summed E-state index contributed by atoms with van der Waals surface area (Å²) >= 11 is 5.85. The van der Waals surface area contributed by atoms with E-state index in [-0.39, 0.29) is 18.4 Å². The van der Waals surface area contributed by atoms with Crippen LogP contribution in [0.2, 0.25) is 5.02 Å². The first-order valence-electron chi connectivity index (χ1n) is 6.78. The van der Waals surface area contributed by atoms with Crippen LogP contribution in [0.4, 0.5) is 13.2 Å². The first kappa shape index (κ1) is 15.8. The molecule has 0 bridgehead atoms. The molecular formula is C14H11ClF3N3O2. The third-order valence-corrected chi connectivity index (χ3v) is 3.95. The lowest BCUT2D eigenvalue weighted by Crippen LogP contribution is -2.38. The number of nitrogens with zero attached hydrogens (tertiary/aromatic N) is 3. The molecule has 5 nitrogen and oxygen atoms in total. The van der Waals surface area contributed by atoms with Crippen molar-refractivity contribution in [1.29, 1.82) is 0 Å². The van der Waals surface area contributed by atoms with Crippen molar-refractivity contribution >= 4 is 28.4 Å². The fraction of sp³-hybridized carbons (Fsp3) is 0.357. The second-order valence-corrected chi connectivity index (χ2v) is 5.73. The molecule has 0 aliphatic carbocycles.